The van der Waals surface area contributed by atoms with Crippen molar-refractivity contribution in [2.75, 3.05) is 45.6 Å². The van der Waals surface area contributed by atoms with Gasteiger partial charge in [0.05, 0.1) is 11.7 Å². The first-order valence-corrected chi connectivity index (χ1v) is 10.6. The fourth-order valence-corrected chi connectivity index (χ4v) is 5.01. The molecule has 144 valence electrons. The lowest BCUT2D eigenvalue weighted by Gasteiger charge is -2.24. The molecule has 2 aliphatic rings. The highest BCUT2D eigenvalue weighted by Gasteiger charge is 2.58. The Kier molecular flexibility index (Phi) is 5.02. The van der Waals surface area contributed by atoms with E-state index < -0.39 is 21.4 Å². The fourth-order valence-electron chi connectivity index (χ4n) is 4.09. The van der Waals surface area contributed by atoms with Crippen LogP contribution < -0.4 is 4.74 Å². The summed E-state index contributed by atoms with van der Waals surface area (Å²) in [5, 5.41) is 9.76. The SMILES string of the molecule is Cc1ccc(OCCN2CC3CN(S(C)(=O)=O)C[C@]3(C(=O)O)C2)c(C)c1. The van der Waals surface area contributed by atoms with Crippen LogP contribution in [-0.4, -0.2) is 74.3 Å². The van der Waals surface area contributed by atoms with Crippen LogP contribution in [0, 0.1) is 25.2 Å². The number of fused-ring (bicyclic) bond motifs is 1. The van der Waals surface area contributed by atoms with Gasteiger partial charge in [-0.2, -0.15) is 0 Å². The smallest absolute Gasteiger partial charge is 0.312 e. The molecule has 2 fully saturated rings. The zero-order chi connectivity index (χ0) is 19.1. The van der Waals surface area contributed by atoms with Gasteiger partial charge in [-0.1, -0.05) is 17.7 Å². The second kappa shape index (κ2) is 6.83. The molecule has 2 heterocycles. The average molecular weight is 382 g/mol. The second-order valence-corrected chi connectivity index (χ2v) is 9.55. The highest BCUT2D eigenvalue weighted by Crippen LogP contribution is 2.43. The molecule has 7 nitrogen and oxygen atoms in total. The monoisotopic (exact) mass is 382 g/mol. The molecule has 1 N–H and O–H groups in total. The maximum atomic E-state index is 11.9. The molecule has 0 aromatic heterocycles. The van der Waals surface area contributed by atoms with Crippen LogP contribution in [0.5, 0.6) is 5.75 Å². The third-order valence-corrected chi connectivity index (χ3v) is 6.76. The molecule has 2 aliphatic heterocycles. The largest absolute Gasteiger partial charge is 0.492 e. The lowest BCUT2D eigenvalue weighted by molar-refractivity contribution is -0.148. The minimum atomic E-state index is -3.37. The van der Waals surface area contributed by atoms with Crippen molar-refractivity contribution in [2.45, 2.75) is 13.8 Å². The molecule has 0 bridgehead atoms. The molecule has 0 radical (unpaired) electrons. The third-order valence-electron chi connectivity index (χ3n) is 5.54. The van der Waals surface area contributed by atoms with Gasteiger partial charge in [0, 0.05) is 38.6 Å². The van der Waals surface area contributed by atoms with E-state index in [1.807, 2.05) is 26.0 Å². The summed E-state index contributed by atoms with van der Waals surface area (Å²) in [5.41, 5.74) is 1.25. The van der Waals surface area contributed by atoms with Gasteiger partial charge < -0.3 is 9.84 Å². The van der Waals surface area contributed by atoms with E-state index in [1.165, 1.54) is 9.87 Å². The predicted molar refractivity (Wildman–Crippen MR) is 97.8 cm³/mol. The van der Waals surface area contributed by atoms with Gasteiger partial charge in [0.2, 0.25) is 10.0 Å². The number of nitrogens with zero attached hydrogens (tertiary/aromatic N) is 2. The summed E-state index contributed by atoms with van der Waals surface area (Å²) < 4.78 is 30.7. The van der Waals surface area contributed by atoms with Gasteiger partial charge in [0.15, 0.2) is 0 Å². The van der Waals surface area contributed by atoms with E-state index in [0.29, 0.717) is 26.2 Å². The normalized spacial score (nSPS) is 26.8. The van der Waals surface area contributed by atoms with E-state index in [2.05, 4.69) is 11.0 Å². The number of carboxylic acids is 1. The molecule has 1 unspecified atom stereocenters. The van der Waals surface area contributed by atoms with E-state index in [4.69, 9.17) is 4.74 Å². The highest BCUT2D eigenvalue weighted by atomic mass is 32.2. The van der Waals surface area contributed by atoms with Gasteiger partial charge in [-0.15, -0.1) is 0 Å². The van der Waals surface area contributed by atoms with Crippen molar-refractivity contribution in [3.05, 3.63) is 29.3 Å². The van der Waals surface area contributed by atoms with Crippen molar-refractivity contribution in [1.29, 1.82) is 0 Å². The Hall–Kier alpha value is -1.64. The van der Waals surface area contributed by atoms with Gasteiger partial charge in [0.25, 0.3) is 0 Å². The summed E-state index contributed by atoms with van der Waals surface area (Å²) in [6.45, 7) is 6.40. The summed E-state index contributed by atoms with van der Waals surface area (Å²) in [7, 11) is -3.37. The molecule has 0 amide bonds. The van der Waals surface area contributed by atoms with Crippen molar-refractivity contribution < 1.29 is 23.1 Å². The van der Waals surface area contributed by atoms with Crippen molar-refractivity contribution in [1.82, 2.24) is 9.21 Å². The van der Waals surface area contributed by atoms with Crippen molar-refractivity contribution in [2.24, 2.45) is 11.3 Å². The number of rotatable bonds is 6. The van der Waals surface area contributed by atoms with E-state index in [0.717, 1.165) is 17.6 Å². The lowest BCUT2D eigenvalue weighted by atomic mass is 9.81. The molecule has 1 aromatic rings. The number of carbonyl (C=O) groups is 1. The Morgan fingerprint density at radius 2 is 2.04 bits per heavy atom. The first-order valence-electron chi connectivity index (χ1n) is 8.73. The van der Waals surface area contributed by atoms with Gasteiger partial charge in [-0.25, -0.2) is 12.7 Å². The molecule has 0 aliphatic carbocycles. The minimum absolute atomic E-state index is 0.0558. The zero-order valence-electron chi connectivity index (χ0n) is 15.4. The maximum Gasteiger partial charge on any atom is 0.312 e. The third kappa shape index (κ3) is 3.58. The minimum Gasteiger partial charge on any atom is -0.492 e. The second-order valence-electron chi connectivity index (χ2n) is 7.57. The first-order chi connectivity index (χ1) is 12.1. The molecular weight excluding hydrogens is 356 g/mol. The van der Waals surface area contributed by atoms with Crippen LogP contribution in [0.2, 0.25) is 0 Å². The van der Waals surface area contributed by atoms with E-state index in [9.17, 15) is 18.3 Å². The molecule has 1 aromatic carbocycles. The number of benzene rings is 1. The Bertz CT molecular complexity index is 810. The highest BCUT2D eigenvalue weighted by molar-refractivity contribution is 7.88. The van der Waals surface area contributed by atoms with Gasteiger partial charge in [0.1, 0.15) is 12.4 Å². The molecular formula is C18H26N2O5S. The standard InChI is InChI=1S/C18H26N2O5S/c1-13-4-5-16(14(2)8-13)25-7-6-19-9-15-10-20(26(3,23)24)12-18(15,11-19)17(21)22/h4-5,8,15H,6-7,9-12H2,1-3H3,(H,21,22)/t15?,18-/m1/s1. The van der Waals surface area contributed by atoms with Crippen molar-refractivity contribution in [3.63, 3.8) is 0 Å². The number of carboxylic acid groups (broad SMARTS) is 1. The topological polar surface area (TPSA) is 87.2 Å². The summed E-state index contributed by atoms with van der Waals surface area (Å²) in [4.78, 5) is 14.0. The quantitative estimate of drug-likeness (QED) is 0.789. The number of ether oxygens (including phenoxy) is 1. The number of likely N-dealkylation sites (tertiary alicyclic amines) is 1. The molecule has 26 heavy (non-hydrogen) atoms. The van der Waals surface area contributed by atoms with Gasteiger partial charge >= 0.3 is 5.97 Å². The Morgan fingerprint density at radius 1 is 1.31 bits per heavy atom. The van der Waals surface area contributed by atoms with E-state index in [1.54, 1.807) is 0 Å². The van der Waals surface area contributed by atoms with Crippen LogP contribution in [0.1, 0.15) is 11.1 Å². The van der Waals surface area contributed by atoms with E-state index in [-0.39, 0.29) is 19.0 Å². The Balaban J connectivity index is 1.60. The summed E-state index contributed by atoms with van der Waals surface area (Å²) in [6, 6.07) is 6.02. The number of aliphatic carboxylic acids is 1. The zero-order valence-corrected chi connectivity index (χ0v) is 16.3. The summed E-state index contributed by atoms with van der Waals surface area (Å²) in [5.74, 6) is -0.256. The van der Waals surface area contributed by atoms with Crippen LogP contribution in [0.3, 0.4) is 0 Å². The van der Waals surface area contributed by atoms with Crippen LogP contribution in [0.15, 0.2) is 18.2 Å². The van der Waals surface area contributed by atoms with Crippen LogP contribution >= 0.6 is 0 Å². The molecule has 3 rings (SSSR count). The molecule has 0 saturated carbocycles. The number of hydrogen-bond acceptors (Lipinski definition) is 5. The van der Waals surface area contributed by atoms with Crippen molar-refractivity contribution in [3.8, 4) is 5.75 Å². The number of sulfonamides is 1. The summed E-state index contributed by atoms with van der Waals surface area (Å²) in [6.07, 6.45) is 1.14. The first kappa shape index (κ1) is 19.1. The molecule has 2 atom stereocenters. The average Bonchev–Trinajstić information content (AvgIpc) is 3.04. The summed E-state index contributed by atoms with van der Waals surface area (Å²) >= 11 is 0. The van der Waals surface area contributed by atoms with Crippen LogP contribution in [0.4, 0.5) is 0 Å². The number of hydrogen-bond donors (Lipinski definition) is 1. The van der Waals surface area contributed by atoms with Gasteiger partial charge in [-0.3, -0.25) is 9.69 Å². The van der Waals surface area contributed by atoms with Crippen LogP contribution in [0.25, 0.3) is 0 Å². The lowest BCUT2D eigenvalue weighted by Crippen LogP contribution is -2.42. The molecule has 0 spiro atoms. The van der Waals surface area contributed by atoms with E-state index >= 15 is 0 Å². The van der Waals surface area contributed by atoms with Gasteiger partial charge in [-0.05, 0) is 25.5 Å². The fraction of sp³-hybridized carbons (Fsp3) is 0.611. The molecule has 2 saturated heterocycles. The Morgan fingerprint density at radius 3 is 2.62 bits per heavy atom. The van der Waals surface area contributed by atoms with Crippen molar-refractivity contribution >= 4 is 16.0 Å². The Labute approximate surface area is 154 Å². The number of aryl methyl sites for hydroxylation is 2. The predicted octanol–water partition coefficient (Wildman–Crippen LogP) is 0.960. The molecule has 8 heteroatoms. The maximum absolute atomic E-state index is 11.9. The van der Waals surface area contributed by atoms with Crippen LogP contribution in [-0.2, 0) is 14.8 Å².